The summed E-state index contributed by atoms with van der Waals surface area (Å²) in [5.41, 5.74) is 1.13. The van der Waals surface area contributed by atoms with E-state index in [4.69, 9.17) is 0 Å². The smallest absolute Gasteiger partial charge is 0.321 e. The number of benzene rings is 1. The van der Waals surface area contributed by atoms with Crippen molar-refractivity contribution >= 4 is 11.9 Å². The summed E-state index contributed by atoms with van der Waals surface area (Å²) < 4.78 is 1.01. The molecule has 1 heterocycles. The van der Waals surface area contributed by atoms with E-state index in [2.05, 4.69) is 15.7 Å². The molecule has 0 aliphatic heterocycles. The Morgan fingerprint density at radius 1 is 1.14 bits per heavy atom. The Kier molecular flexibility index (Phi) is 5.02. The van der Waals surface area contributed by atoms with Crippen LogP contribution in [0.5, 0.6) is 0 Å². The summed E-state index contributed by atoms with van der Waals surface area (Å²) in [7, 11) is 0. The van der Waals surface area contributed by atoms with Crippen LogP contribution in [0.15, 0.2) is 47.3 Å². The Bertz CT molecular complexity index is 725. The van der Waals surface area contributed by atoms with E-state index < -0.39 is 17.5 Å². The molecule has 1 aromatic carbocycles. The van der Waals surface area contributed by atoms with Crippen LogP contribution in [-0.4, -0.2) is 21.7 Å². The first-order valence-electron chi connectivity index (χ1n) is 6.71. The van der Waals surface area contributed by atoms with E-state index >= 15 is 0 Å². The SMILES string of the molecule is Cc1ccc(=O)n(CC(=O)NC(=O)NCc2ccccc2)n1. The van der Waals surface area contributed by atoms with Gasteiger partial charge in [0.15, 0.2) is 0 Å². The summed E-state index contributed by atoms with van der Waals surface area (Å²) in [6.07, 6.45) is 0. The van der Waals surface area contributed by atoms with Crippen molar-refractivity contribution in [3.63, 3.8) is 0 Å². The van der Waals surface area contributed by atoms with Crippen molar-refractivity contribution in [3.8, 4) is 0 Å². The van der Waals surface area contributed by atoms with Crippen molar-refractivity contribution < 1.29 is 9.59 Å². The molecule has 7 heteroatoms. The summed E-state index contributed by atoms with van der Waals surface area (Å²) in [6, 6.07) is 11.6. The second-order valence-corrected chi connectivity index (χ2v) is 4.69. The Hall–Kier alpha value is -2.96. The summed E-state index contributed by atoms with van der Waals surface area (Å²) in [6.45, 7) is 1.71. The standard InChI is InChI=1S/C15H16N4O3/c1-11-7-8-14(21)19(18-11)10-13(20)17-15(22)16-9-12-5-3-2-4-6-12/h2-8H,9-10H2,1H3,(H2,16,17,20,22). The molecule has 0 radical (unpaired) electrons. The molecule has 1 aromatic heterocycles. The summed E-state index contributed by atoms with van der Waals surface area (Å²) in [4.78, 5) is 34.9. The van der Waals surface area contributed by atoms with Crippen LogP contribution in [0.25, 0.3) is 0 Å². The molecule has 0 spiro atoms. The van der Waals surface area contributed by atoms with Crippen molar-refractivity contribution in [2.24, 2.45) is 0 Å². The van der Waals surface area contributed by atoms with E-state index in [0.29, 0.717) is 12.2 Å². The average molecular weight is 300 g/mol. The van der Waals surface area contributed by atoms with Crippen LogP contribution in [0, 0.1) is 6.92 Å². The van der Waals surface area contributed by atoms with Gasteiger partial charge in [-0.3, -0.25) is 14.9 Å². The van der Waals surface area contributed by atoms with Gasteiger partial charge in [-0.25, -0.2) is 9.48 Å². The zero-order valence-electron chi connectivity index (χ0n) is 12.1. The van der Waals surface area contributed by atoms with Crippen LogP contribution < -0.4 is 16.2 Å². The number of hydrogen-bond donors (Lipinski definition) is 2. The van der Waals surface area contributed by atoms with Crippen LogP contribution in [0.4, 0.5) is 4.79 Å². The van der Waals surface area contributed by atoms with E-state index in [1.165, 1.54) is 6.07 Å². The number of aryl methyl sites for hydroxylation is 1. The molecule has 2 aromatic rings. The first kappa shape index (κ1) is 15.4. The molecule has 0 unspecified atom stereocenters. The fourth-order valence-corrected chi connectivity index (χ4v) is 1.79. The molecule has 22 heavy (non-hydrogen) atoms. The molecule has 3 amide bonds. The van der Waals surface area contributed by atoms with E-state index in [1.54, 1.807) is 13.0 Å². The fourth-order valence-electron chi connectivity index (χ4n) is 1.79. The van der Waals surface area contributed by atoms with Crippen LogP contribution in [0.2, 0.25) is 0 Å². The van der Waals surface area contributed by atoms with E-state index in [1.807, 2.05) is 30.3 Å². The zero-order chi connectivity index (χ0) is 15.9. The number of aromatic nitrogens is 2. The largest absolute Gasteiger partial charge is 0.334 e. The third kappa shape index (κ3) is 4.55. The number of carbonyl (C=O) groups is 2. The van der Waals surface area contributed by atoms with Crippen molar-refractivity contribution in [3.05, 3.63) is 64.1 Å². The van der Waals surface area contributed by atoms with Crippen molar-refractivity contribution in [2.45, 2.75) is 20.0 Å². The van der Waals surface area contributed by atoms with E-state index in [9.17, 15) is 14.4 Å². The number of rotatable bonds is 4. The lowest BCUT2D eigenvalue weighted by Gasteiger charge is -2.08. The molecule has 0 atom stereocenters. The van der Waals surface area contributed by atoms with Gasteiger partial charge < -0.3 is 5.32 Å². The van der Waals surface area contributed by atoms with Gasteiger partial charge in [0, 0.05) is 12.6 Å². The van der Waals surface area contributed by atoms with Crippen LogP contribution in [0.1, 0.15) is 11.3 Å². The van der Waals surface area contributed by atoms with Crippen LogP contribution >= 0.6 is 0 Å². The number of amides is 3. The fraction of sp³-hybridized carbons (Fsp3) is 0.200. The summed E-state index contributed by atoms with van der Waals surface area (Å²) in [5, 5.41) is 8.64. The van der Waals surface area contributed by atoms with Crippen molar-refractivity contribution in [2.75, 3.05) is 0 Å². The Morgan fingerprint density at radius 3 is 2.59 bits per heavy atom. The highest BCUT2D eigenvalue weighted by Crippen LogP contribution is 1.96. The third-order valence-corrected chi connectivity index (χ3v) is 2.84. The predicted octanol–water partition coefficient (Wildman–Crippen LogP) is 0.578. The van der Waals surface area contributed by atoms with Gasteiger partial charge >= 0.3 is 6.03 Å². The van der Waals surface area contributed by atoms with Gasteiger partial charge in [0.2, 0.25) is 5.91 Å². The monoisotopic (exact) mass is 300 g/mol. The molecule has 0 bridgehead atoms. The maximum absolute atomic E-state index is 11.7. The van der Waals surface area contributed by atoms with Gasteiger partial charge in [-0.1, -0.05) is 30.3 Å². The van der Waals surface area contributed by atoms with Gasteiger partial charge in [0.1, 0.15) is 6.54 Å². The second kappa shape index (κ2) is 7.16. The van der Waals surface area contributed by atoms with Crippen LogP contribution in [-0.2, 0) is 17.9 Å². The molecule has 2 rings (SSSR count). The van der Waals surface area contributed by atoms with E-state index in [-0.39, 0.29) is 6.54 Å². The first-order chi connectivity index (χ1) is 10.5. The van der Waals surface area contributed by atoms with Crippen molar-refractivity contribution in [1.82, 2.24) is 20.4 Å². The molecule has 0 fully saturated rings. The highest BCUT2D eigenvalue weighted by atomic mass is 16.2. The maximum Gasteiger partial charge on any atom is 0.321 e. The number of hydrogen-bond acceptors (Lipinski definition) is 4. The van der Waals surface area contributed by atoms with Gasteiger partial charge in [0.05, 0.1) is 5.69 Å². The lowest BCUT2D eigenvalue weighted by molar-refractivity contribution is -0.120. The maximum atomic E-state index is 11.7. The molecule has 114 valence electrons. The number of imide groups is 1. The molecule has 0 saturated heterocycles. The molecular formula is C15H16N4O3. The molecule has 7 nitrogen and oxygen atoms in total. The number of nitrogens with one attached hydrogen (secondary N) is 2. The normalized spacial score (nSPS) is 10.0. The number of carbonyl (C=O) groups excluding carboxylic acids is 2. The summed E-state index contributed by atoms with van der Waals surface area (Å²) >= 11 is 0. The number of urea groups is 1. The molecule has 0 aliphatic rings. The second-order valence-electron chi connectivity index (χ2n) is 4.69. The topological polar surface area (TPSA) is 93.1 Å². The quantitative estimate of drug-likeness (QED) is 0.863. The lowest BCUT2D eigenvalue weighted by Crippen LogP contribution is -2.42. The highest BCUT2D eigenvalue weighted by molar-refractivity contribution is 5.94. The molecule has 0 aliphatic carbocycles. The third-order valence-electron chi connectivity index (χ3n) is 2.84. The predicted molar refractivity (Wildman–Crippen MR) is 80.1 cm³/mol. The minimum absolute atomic E-state index is 0.306. The van der Waals surface area contributed by atoms with Gasteiger partial charge in [0.25, 0.3) is 5.56 Å². The minimum atomic E-state index is -0.616. The summed E-state index contributed by atoms with van der Waals surface area (Å²) in [5.74, 6) is -0.606. The van der Waals surface area contributed by atoms with Gasteiger partial charge in [-0.2, -0.15) is 5.10 Å². The first-order valence-corrected chi connectivity index (χ1v) is 6.71. The molecule has 0 saturated carbocycles. The Morgan fingerprint density at radius 2 is 1.86 bits per heavy atom. The van der Waals surface area contributed by atoms with Gasteiger partial charge in [-0.15, -0.1) is 0 Å². The average Bonchev–Trinajstić information content (AvgIpc) is 2.50. The van der Waals surface area contributed by atoms with Crippen LogP contribution in [0.3, 0.4) is 0 Å². The minimum Gasteiger partial charge on any atom is -0.334 e. The van der Waals surface area contributed by atoms with Crippen molar-refractivity contribution in [1.29, 1.82) is 0 Å². The van der Waals surface area contributed by atoms with Gasteiger partial charge in [-0.05, 0) is 18.6 Å². The molecular weight excluding hydrogens is 284 g/mol. The Labute approximate surface area is 127 Å². The highest BCUT2D eigenvalue weighted by Gasteiger charge is 2.09. The zero-order valence-corrected chi connectivity index (χ0v) is 12.1. The lowest BCUT2D eigenvalue weighted by atomic mass is 10.2. The Balaban J connectivity index is 1.85. The van der Waals surface area contributed by atoms with E-state index in [0.717, 1.165) is 10.2 Å². The molecule has 2 N–H and O–H groups in total. The number of nitrogens with zero attached hydrogens (tertiary/aromatic N) is 2.